The third kappa shape index (κ3) is 3.97. The number of nitrogens with zero attached hydrogens (tertiary/aromatic N) is 4. The van der Waals surface area contributed by atoms with E-state index in [1.807, 2.05) is 24.4 Å². The summed E-state index contributed by atoms with van der Waals surface area (Å²) in [6, 6.07) is 27.5. The van der Waals surface area contributed by atoms with Crippen molar-refractivity contribution in [3.63, 3.8) is 0 Å². The molecule has 208 valence electrons. The molecule has 2 aliphatic carbocycles. The van der Waals surface area contributed by atoms with Gasteiger partial charge in [-0.3, -0.25) is 9.47 Å². The Labute approximate surface area is 246 Å². The van der Waals surface area contributed by atoms with E-state index in [0.29, 0.717) is 18.5 Å². The fourth-order valence-corrected chi connectivity index (χ4v) is 7.84. The van der Waals surface area contributed by atoms with Crippen LogP contribution in [0.2, 0.25) is 0 Å². The van der Waals surface area contributed by atoms with Crippen LogP contribution < -0.4 is 9.64 Å². The van der Waals surface area contributed by atoms with Crippen molar-refractivity contribution >= 4 is 27.5 Å². The van der Waals surface area contributed by atoms with Gasteiger partial charge in [-0.2, -0.15) is 0 Å². The smallest absolute Gasteiger partial charge is 0.137 e. The molecule has 2 bridgehead atoms. The molecule has 0 radical (unpaired) electrons. The summed E-state index contributed by atoms with van der Waals surface area (Å²) in [7, 11) is 0. The van der Waals surface area contributed by atoms with Crippen molar-refractivity contribution in [2.75, 3.05) is 18.5 Å². The molecule has 2 unspecified atom stereocenters. The van der Waals surface area contributed by atoms with Gasteiger partial charge in [-0.05, 0) is 91.5 Å². The van der Waals surface area contributed by atoms with Crippen molar-refractivity contribution in [2.24, 2.45) is 11.8 Å². The third-order valence-corrected chi connectivity index (χ3v) is 9.72. The molecule has 3 aliphatic rings. The highest BCUT2D eigenvalue weighted by Crippen LogP contribution is 2.52. The minimum Gasteiger partial charge on any atom is -0.457 e. The minimum absolute atomic E-state index is 0.00363. The summed E-state index contributed by atoms with van der Waals surface area (Å²) in [6.07, 6.45) is 5.37. The molecule has 3 fully saturated rings. The van der Waals surface area contributed by atoms with Crippen molar-refractivity contribution in [1.82, 2.24) is 14.5 Å². The van der Waals surface area contributed by atoms with Crippen LogP contribution in [0.4, 0.5) is 5.69 Å². The molecule has 5 heteroatoms. The van der Waals surface area contributed by atoms with Gasteiger partial charge in [0.25, 0.3) is 0 Å². The van der Waals surface area contributed by atoms with Crippen molar-refractivity contribution in [2.45, 2.75) is 57.5 Å². The lowest BCUT2D eigenvalue weighted by atomic mass is 9.88. The fraction of sp³-hybridized carbons (Fsp3) is 0.361. The van der Waals surface area contributed by atoms with Gasteiger partial charge in [-0.1, -0.05) is 45.0 Å². The SMILES string of the molecule is [2H]C([2H])([2H])N1CN(c2cccc(Oc3ccc4c5ccccc5n(-c5cc(C(C)(C)C)ccn5)c4c3)c2)[C@@H]2C1C1CC[C@@H]2C1. The van der Waals surface area contributed by atoms with E-state index >= 15 is 0 Å². The number of aromatic nitrogens is 2. The number of rotatable bonds is 4. The van der Waals surface area contributed by atoms with Crippen LogP contribution in [-0.2, 0) is 5.41 Å². The van der Waals surface area contributed by atoms with Gasteiger partial charge >= 0.3 is 0 Å². The lowest BCUT2D eigenvalue weighted by Crippen LogP contribution is -2.41. The van der Waals surface area contributed by atoms with Gasteiger partial charge in [0.1, 0.15) is 17.3 Å². The predicted molar refractivity (Wildman–Crippen MR) is 167 cm³/mol. The summed E-state index contributed by atoms with van der Waals surface area (Å²) in [4.78, 5) is 8.89. The van der Waals surface area contributed by atoms with Crippen LogP contribution in [0.1, 0.15) is 49.7 Å². The Hall–Kier alpha value is -3.83. The largest absolute Gasteiger partial charge is 0.457 e. The number of ether oxygens (including phenoxy) is 1. The van der Waals surface area contributed by atoms with Gasteiger partial charge in [0, 0.05) is 51.0 Å². The van der Waals surface area contributed by atoms with E-state index in [4.69, 9.17) is 13.8 Å². The number of likely N-dealkylation sites (N-methyl/N-ethyl adjacent to an activating group) is 1. The standard InChI is InChI=1S/C36H38N4O/c1-36(2,3)25-16-17-37-33(19-25)40-31-11-6-5-10-29(31)30-15-14-28(21-32(30)40)41-27-9-7-8-26(20-27)39-22-38(4)34-23-12-13-24(18-23)35(34)39/h5-11,14-17,19-21,23-24,34-35H,12-13,18,22H2,1-4H3/t23?,24-,34?,35+/m1/s1/i4D3. The molecule has 3 heterocycles. The van der Waals surface area contributed by atoms with E-state index in [9.17, 15) is 0 Å². The Bertz CT molecular complexity index is 1890. The molecular formula is C36H38N4O. The van der Waals surface area contributed by atoms with Gasteiger partial charge in [0.05, 0.1) is 17.7 Å². The number of para-hydroxylation sites is 1. The van der Waals surface area contributed by atoms with E-state index in [-0.39, 0.29) is 17.5 Å². The second-order valence-corrected chi connectivity index (χ2v) is 13.2. The number of fused-ring (bicyclic) bond motifs is 8. The van der Waals surface area contributed by atoms with Crippen LogP contribution in [0.15, 0.2) is 85.1 Å². The summed E-state index contributed by atoms with van der Waals surface area (Å²) in [5.41, 5.74) is 4.40. The Balaban J connectivity index is 1.16. The first-order valence-electron chi connectivity index (χ1n) is 16.4. The van der Waals surface area contributed by atoms with E-state index in [1.54, 1.807) is 4.90 Å². The number of benzene rings is 3. The van der Waals surface area contributed by atoms with E-state index in [1.165, 1.54) is 17.4 Å². The molecule has 2 aromatic heterocycles. The zero-order valence-corrected chi connectivity index (χ0v) is 23.9. The van der Waals surface area contributed by atoms with Gasteiger partial charge < -0.3 is 9.64 Å². The van der Waals surface area contributed by atoms with Crippen molar-refractivity contribution in [3.8, 4) is 17.3 Å². The predicted octanol–water partition coefficient (Wildman–Crippen LogP) is 8.14. The lowest BCUT2D eigenvalue weighted by molar-refractivity contribution is 0.227. The highest BCUT2D eigenvalue weighted by Gasteiger charge is 2.55. The van der Waals surface area contributed by atoms with Crippen LogP contribution in [0.5, 0.6) is 11.5 Å². The molecule has 4 atom stereocenters. The average Bonchev–Trinajstić information content (AvgIpc) is 3.76. The summed E-state index contributed by atoms with van der Waals surface area (Å²) in [5.74, 6) is 3.40. The average molecular weight is 546 g/mol. The first-order chi connectivity index (χ1) is 21.1. The van der Waals surface area contributed by atoms with E-state index in [0.717, 1.165) is 52.3 Å². The number of hydrogen-bond acceptors (Lipinski definition) is 4. The Morgan fingerprint density at radius 2 is 1.63 bits per heavy atom. The summed E-state index contributed by atoms with van der Waals surface area (Å²) in [5, 5.41) is 2.32. The van der Waals surface area contributed by atoms with Crippen LogP contribution >= 0.6 is 0 Å². The van der Waals surface area contributed by atoms with Gasteiger partial charge in [0.2, 0.25) is 0 Å². The topological polar surface area (TPSA) is 33.5 Å². The molecular weight excluding hydrogens is 504 g/mol. The molecule has 2 saturated carbocycles. The quantitative estimate of drug-likeness (QED) is 0.228. The second kappa shape index (κ2) is 9.09. The molecule has 0 N–H and O–H groups in total. The normalized spacial score (nSPS) is 25.4. The van der Waals surface area contributed by atoms with Gasteiger partial charge in [0.15, 0.2) is 0 Å². The molecule has 1 aliphatic heterocycles. The molecule has 5 nitrogen and oxygen atoms in total. The number of hydrogen-bond donors (Lipinski definition) is 0. The monoisotopic (exact) mass is 545 g/mol. The molecule has 0 spiro atoms. The van der Waals surface area contributed by atoms with Crippen LogP contribution in [0.3, 0.4) is 0 Å². The summed E-state index contributed by atoms with van der Waals surface area (Å²) < 4.78 is 33.5. The van der Waals surface area contributed by atoms with Crippen molar-refractivity contribution in [1.29, 1.82) is 0 Å². The first-order valence-corrected chi connectivity index (χ1v) is 14.9. The third-order valence-electron chi connectivity index (χ3n) is 9.72. The van der Waals surface area contributed by atoms with E-state index in [2.05, 4.69) is 90.9 Å². The lowest BCUT2D eigenvalue weighted by Gasteiger charge is -2.32. The molecule has 3 aromatic carbocycles. The van der Waals surface area contributed by atoms with Gasteiger partial charge in [-0.15, -0.1) is 0 Å². The highest BCUT2D eigenvalue weighted by atomic mass is 16.5. The maximum Gasteiger partial charge on any atom is 0.137 e. The zero-order valence-electron chi connectivity index (χ0n) is 26.9. The van der Waals surface area contributed by atoms with E-state index < -0.39 is 6.98 Å². The second-order valence-electron chi connectivity index (χ2n) is 13.2. The number of pyridine rings is 1. The minimum atomic E-state index is -2.09. The number of anilines is 1. The fourth-order valence-electron chi connectivity index (χ4n) is 7.84. The van der Waals surface area contributed by atoms with Crippen LogP contribution in [0.25, 0.3) is 27.6 Å². The highest BCUT2D eigenvalue weighted by molar-refractivity contribution is 6.09. The van der Waals surface area contributed by atoms with Crippen LogP contribution in [0, 0.1) is 11.8 Å². The Morgan fingerprint density at radius 3 is 2.49 bits per heavy atom. The summed E-state index contributed by atoms with van der Waals surface area (Å²) in [6.45, 7) is 5.00. The Kier molecular flexibility index (Phi) is 4.84. The van der Waals surface area contributed by atoms with Crippen LogP contribution in [-0.4, -0.2) is 40.2 Å². The maximum absolute atomic E-state index is 8.23. The Morgan fingerprint density at radius 1 is 0.829 bits per heavy atom. The molecule has 1 saturated heterocycles. The maximum atomic E-state index is 8.23. The summed E-state index contributed by atoms with van der Waals surface area (Å²) >= 11 is 0. The molecule has 8 rings (SSSR count). The van der Waals surface area contributed by atoms with Gasteiger partial charge in [-0.25, -0.2) is 4.98 Å². The molecule has 41 heavy (non-hydrogen) atoms. The van der Waals surface area contributed by atoms with Crippen molar-refractivity contribution < 1.29 is 8.85 Å². The molecule has 5 aromatic rings. The van der Waals surface area contributed by atoms with Crippen molar-refractivity contribution in [3.05, 3.63) is 90.6 Å². The first kappa shape index (κ1) is 21.9. The molecule has 0 amide bonds. The zero-order chi connectivity index (χ0) is 30.4.